The minimum atomic E-state index is -1.30. The van der Waals surface area contributed by atoms with Gasteiger partial charge in [-0.2, -0.15) is 19.9 Å². The maximum absolute atomic E-state index is 12.8. The van der Waals surface area contributed by atoms with E-state index in [2.05, 4.69) is 55.8 Å². The van der Waals surface area contributed by atoms with Crippen LogP contribution in [0.3, 0.4) is 0 Å². The third-order valence-electron chi connectivity index (χ3n) is 19.9. The molecule has 632 valence electrons. The summed E-state index contributed by atoms with van der Waals surface area (Å²) in [7, 11) is 8.18. The summed E-state index contributed by atoms with van der Waals surface area (Å²) >= 11 is 0. The molecule has 0 saturated carbocycles. The highest BCUT2D eigenvalue weighted by Gasteiger charge is 2.72. The Balaban J connectivity index is 0.000000143. The lowest BCUT2D eigenvalue weighted by atomic mass is 9.82. The number of nitrogens with two attached hydrogens (primary N) is 6. The van der Waals surface area contributed by atoms with Gasteiger partial charge in [-0.3, -0.25) is 28.8 Å². The Labute approximate surface area is 686 Å². The van der Waals surface area contributed by atoms with Gasteiger partial charge < -0.3 is 122 Å². The van der Waals surface area contributed by atoms with Gasteiger partial charge in [-0.25, -0.2) is 43.9 Å². The first-order valence-corrected chi connectivity index (χ1v) is 36.7. The van der Waals surface area contributed by atoms with Crippen LogP contribution in [0.2, 0.25) is 0 Å². The number of rotatable bonds is 23. The Hall–Kier alpha value is -16.0. The maximum atomic E-state index is 12.8. The van der Waals surface area contributed by atoms with E-state index in [1.165, 1.54) is 64.7 Å². The summed E-state index contributed by atoms with van der Waals surface area (Å²) in [6.07, 6.45) is 4.13. The van der Waals surface area contributed by atoms with Crippen molar-refractivity contribution < 1.29 is 100 Å². The van der Waals surface area contributed by atoms with E-state index in [1.54, 1.807) is 61.3 Å². The molecule has 43 nitrogen and oxygen atoms in total. The molecule has 3 amide bonds. The minimum absolute atomic E-state index is 0.0138. The second kappa shape index (κ2) is 35.9. The number of benzene rings is 4. The molecule has 0 bridgehead atoms. The zero-order valence-corrected chi connectivity index (χ0v) is 65.5. The molecule has 4 aliphatic rings. The average Bonchev–Trinajstić information content (AvgIpc) is 1.50. The molecule has 4 aromatic carbocycles. The molecule has 12 aromatic rings. The van der Waals surface area contributed by atoms with Crippen LogP contribution in [0.4, 0.5) is 39.7 Å². The smallest absolute Gasteiger partial charge is 0.404 e. The number of nitrogens with zero attached hydrogens (tertiary/aromatic N) is 11. The fourth-order valence-electron chi connectivity index (χ4n) is 13.9. The molecule has 0 spiro atoms. The summed E-state index contributed by atoms with van der Waals surface area (Å²) in [5.41, 5.74) is 39.2. The highest BCUT2D eigenvalue weighted by molar-refractivity contribution is 6.25. The minimum Gasteiger partial charge on any atom is -0.490 e. The average molecular weight is 1680 g/mol. The number of anilines is 6. The summed E-state index contributed by atoms with van der Waals surface area (Å²) in [6.45, 7) is 2.66. The number of Topliss-reactive ketones (excluding diaryl/α,β-unsaturated/α-hetero) is 2. The fraction of sp³-hybridized carbons (Fsp3) is 0.253. The van der Waals surface area contributed by atoms with Crippen LogP contribution in [0.15, 0.2) is 172 Å². The molecule has 16 rings (SSSR count). The molecule has 43 heteroatoms. The first-order chi connectivity index (χ1) is 58.2. The maximum Gasteiger partial charge on any atom is 0.404 e. The molecule has 11 heterocycles. The van der Waals surface area contributed by atoms with Crippen LogP contribution < -0.4 is 80.9 Å². The molecule has 122 heavy (non-hydrogen) atoms. The number of nitrogen functional groups attached to an aromatic ring is 4. The van der Waals surface area contributed by atoms with Crippen LogP contribution >= 0.6 is 0 Å². The number of hydrogen-bond donors (Lipinski definition) is 13. The lowest BCUT2D eigenvalue weighted by Gasteiger charge is -2.39. The second-order valence-electron chi connectivity index (χ2n) is 27.7. The normalized spacial score (nSPS) is 16.4. The van der Waals surface area contributed by atoms with Crippen molar-refractivity contribution in [2.75, 3.05) is 81.3 Å². The highest BCUT2D eigenvalue weighted by Crippen LogP contribution is 2.56. The van der Waals surface area contributed by atoms with Gasteiger partial charge in [0.1, 0.15) is 18.7 Å². The number of allylic oxidation sites excluding steroid dienone is 2. The number of amides is 3. The summed E-state index contributed by atoms with van der Waals surface area (Å²) in [5, 5.41) is 47.2. The van der Waals surface area contributed by atoms with Crippen LogP contribution in [-0.2, 0) is 51.3 Å². The number of ketones is 2. The number of carbonyl (C=O) groups is 9. The molecule has 1 aliphatic carbocycles. The number of carboxylic acid groups (broad SMARTS) is 4. The number of carboxylic acids is 4. The van der Waals surface area contributed by atoms with Crippen LogP contribution in [-0.4, -0.2) is 197 Å². The summed E-state index contributed by atoms with van der Waals surface area (Å²) in [6, 6.07) is 24.1. The molecule has 3 aliphatic heterocycles. The summed E-state index contributed by atoms with van der Waals surface area (Å²) in [5.74, 6) is -6.25. The van der Waals surface area contributed by atoms with Gasteiger partial charge in [0, 0.05) is 114 Å². The predicted octanol–water partition coefficient (Wildman–Crippen LogP) is 3.98. The number of nitrogens with one attached hydrogen (secondary N) is 3. The van der Waals surface area contributed by atoms with E-state index in [9.17, 15) is 63.0 Å². The van der Waals surface area contributed by atoms with Gasteiger partial charge >= 0.3 is 41.2 Å². The van der Waals surface area contributed by atoms with Gasteiger partial charge in [0.15, 0.2) is 62.0 Å². The van der Waals surface area contributed by atoms with E-state index in [-0.39, 0.29) is 102 Å². The second-order valence-corrected chi connectivity index (χ2v) is 27.7. The third kappa shape index (κ3) is 18.3. The number of ether oxygens (including phenoxy) is 4. The topological polar surface area (TPSA) is 673 Å². The molecule has 19 N–H and O–H groups in total. The van der Waals surface area contributed by atoms with Crippen molar-refractivity contribution >= 4 is 154 Å². The largest absolute Gasteiger partial charge is 0.490 e. The van der Waals surface area contributed by atoms with E-state index in [0.717, 1.165) is 32.9 Å². The van der Waals surface area contributed by atoms with Gasteiger partial charge in [-0.1, -0.05) is 0 Å². The number of piperazine rings is 1. The monoisotopic (exact) mass is 1670 g/mol. The molecule has 6 atom stereocenters. The molecule has 8 aromatic heterocycles. The van der Waals surface area contributed by atoms with Crippen molar-refractivity contribution in [2.45, 2.75) is 75.6 Å². The Morgan fingerprint density at radius 2 is 1.02 bits per heavy atom. The van der Waals surface area contributed by atoms with Crippen LogP contribution in [0, 0.1) is 5.92 Å². The van der Waals surface area contributed by atoms with Gasteiger partial charge in [0.2, 0.25) is 35.0 Å². The lowest BCUT2D eigenvalue weighted by Crippen LogP contribution is -2.55. The van der Waals surface area contributed by atoms with Gasteiger partial charge in [0.25, 0.3) is 11.8 Å². The Bertz CT molecular complexity index is 6040. The number of carbonyl (C=O) groups excluding carboxylic acids is 5. The molecular weight excluding hydrogens is 1600 g/mol. The molecule has 2 saturated heterocycles. The van der Waals surface area contributed by atoms with Crippen molar-refractivity contribution in [3.8, 4) is 11.5 Å². The number of primary amides is 1. The standard InChI is InChI=1S/2C20H22N8O5.C15H18N4O5.2C12H8O4/c2*1-28(9-11-8-23-17-15(24-11)16(21)26-20(22)27-17)12-4-2-10(3-5-12)18(31)25-13(19(32)33)6-7-14(29)30;1-5-9(16)12(21)8-6(4-24-14(17)22)15(23-2)13-7(18-13)3-19(15)10(8)11(5)20;2*1-14-12-10-8(4-5-15-10)6-7-2-3-9(13)16-11(7)12/h2*2-5,8,13H,6-7,9H2,1H3,(H,25,31)(H,29,30)(H,32,33)(H4,21,22,23,26,27);6-7,13,18H,3-4,16H2,1-2H3,(H2,17,22);2*2-6H,1H3/t2*13-;6-,7+,13+,15-;;/m001../s1. The van der Waals surface area contributed by atoms with Crippen LogP contribution in [0.25, 0.3) is 66.2 Å². The summed E-state index contributed by atoms with van der Waals surface area (Å²) in [4.78, 5) is 166. The lowest BCUT2D eigenvalue weighted by molar-refractivity contribution is -0.142. The van der Waals surface area contributed by atoms with E-state index < -0.39 is 82.5 Å². The molecular formula is C79H78N20O23. The fourth-order valence-corrected chi connectivity index (χ4v) is 13.9. The number of aromatic nitrogens is 8. The first kappa shape index (κ1) is 85.4. The van der Waals surface area contributed by atoms with Crippen LogP contribution in [0.1, 0.15) is 64.7 Å². The van der Waals surface area contributed by atoms with E-state index in [4.69, 9.17) is 81.2 Å². The number of methoxy groups -OCH3 is 3. The number of aliphatic carboxylic acids is 4. The number of furan rings is 2. The Kier molecular flexibility index (Phi) is 25.1. The van der Waals surface area contributed by atoms with Gasteiger partial charge in [-0.15, -0.1) is 0 Å². The Morgan fingerprint density at radius 1 is 0.590 bits per heavy atom. The predicted molar refractivity (Wildman–Crippen MR) is 434 cm³/mol. The zero-order valence-electron chi connectivity index (χ0n) is 65.5. The van der Waals surface area contributed by atoms with E-state index in [1.807, 2.05) is 53.1 Å². The molecule has 2 fully saturated rings. The van der Waals surface area contributed by atoms with Crippen molar-refractivity contribution in [2.24, 2.45) is 17.4 Å². The first-order valence-electron chi connectivity index (χ1n) is 36.7. The van der Waals surface area contributed by atoms with E-state index in [0.29, 0.717) is 92.9 Å². The molecule has 0 unspecified atom stereocenters. The van der Waals surface area contributed by atoms with Gasteiger partial charge in [0.05, 0.1) is 87.0 Å². The summed E-state index contributed by atoms with van der Waals surface area (Å²) < 4.78 is 42.1. The van der Waals surface area contributed by atoms with Crippen molar-refractivity contribution in [3.63, 3.8) is 0 Å². The van der Waals surface area contributed by atoms with Gasteiger partial charge in [-0.05, 0) is 105 Å². The zero-order chi connectivity index (χ0) is 87.9. The number of fused-ring (bicyclic) bond motifs is 10. The quantitative estimate of drug-likeness (QED) is 0.0245. The van der Waals surface area contributed by atoms with Crippen molar-refractivity contribution in [1.29, 1.82) is 0 Å². The van der Waals surface area contributed by atoms with Crippen molar-refractivity contribution in [3.05, 3.63) is 188 Å². The van der Waals surface area contributed by atoms with Crippen LogP contribution in [0.5, 0.6) is 11.5 Å². The number of hydrogen-bond acceptors (Lipinski definition) is 36. The third-order valence-corrected chi connectivity index (χ3v) is 19.9. The highest BCUT2D eigenvalue weighted by atomic mass is 16.6. The van der Waals surface area contributed by atoms with Crippen molar-refractivity contribution in [1.82, 2.24) is 60.7 Å². The SMILES string of the molecule is CN(Cc1cnc2nc(N)nc(N)c2n1)c1ccc(C(=O)N[C@@H](CCC(=O)O)C(=O)O)cc1.CN(Cc1cnc2nc(N)nc(N)c2n1)c1ccc(C(=O)N[C@@H](CCC(=O)O)C(=O)O)cc1.CO[C@@]12[C@H](COC(N)=O)C3=C(C(=O)C(C)=C(N)C3=O)N1C[C@@H]1N[C@@H]12.COc1c2occc2cc2ccc(=O)oc12.COc1c2occc2cc2ccc(=O)oc12. The molecule has 0 radical (unpaired) electrons. The van der Waals surface area contributed by atoms with E-state index >= 15 is 0 Å². The Morgan fingerprint density at radius 3 is 1.43 bits per heavy atom.